The lowest BCUT2D eigenvalue weighted by Crippen LogP contribution is -2.08. The zero-order valence-electron chi connectivity index (χ0n) is 10.3. The maximum atomic E-state index is 5.72. The molecule has 1 aromatic heterocycles. The summed E-state index contributed by atoms with van der Waals surface area (Å²) in [6, 6.07) is 0. The van der Waals surface area contributed by atoms with E-state index in [0.29, 0.717) is 12.7 Å². The molecule has 4 heteroatoms. The predicted octanol–water partition coefficient (Wildman–Crippen LogP) is 2.09. The molecule has 1 rings (SSSR count). The van der Waals surface area contributed by atoms with Gasteiger partial charge in [0.2, 0.25) is 0 Å². The highest BCUT2D eigenvalue weighted by Gasteiger charge is 2.12. The van der Waals surface area contributed by atoms with Gasteiger partial charge in [0.25, 0.3) is 0 Å². The second-order valence-corrected chi connectivity index (χ2v) is 3.82. The van der Waals surface area contributed by atoms with Crippen molar-refractivity contribution in [2.75, 3.05) is 12.4 Å². The first kappa shape index (κ1) is 12.0. The van der Waals surface area contributed by atoms with Gasteiger partial charge in [0.15, 0.2) is 0 Å². The molecular formula is C11H21N3O. The van der Waals surface area contributed by atoms with Crippen molar-refractivity contribution in [3.8, 4) is 0 Å². The highest BCUT2D eigenvalue weighted by molar-refractivity contribution is 5.46. The van der Waals surface area contributed by atoms with Gasteiger partial charge in [-0.15, -0.1) is 0 Å². The Bertz CT molecular complexity index is 320. The summed E-state index contributed by atoms with van der Waals surface area (Å²) < 4.78 is 7.57. The van der Waals surface area contributed by atoms with Crippen LogP contribution in [-0.4, -0.2) is 22.9 Å². The molecule has 0 fully saturated rings. The average Bonchev–Trinajstić information content (AvgIpc) is 2.49. The molecule has 86 valence electrons. The molecule has 15 heavy (non-hydrogen) atoms. The molecule has 0 saturated carbocycles. The van der Waals surface area contributed by atoms with Crippen LogP contribution in [-0.2, 0) is 18.4 Å². The molecule has 0 radical (unpaired) electrons. The van der Waals surface area contributed by atoms with E-state index in [2.05, 4.69) is 24.3 Å². The maximum absolute atomic E-state index is 5.72. The van der Waals surface area contributed by atoms with Gasteiger partial charge in [0, 0.05) is 19.7 Å². The third-order valence-electron chi connectivity index (χ3n) is 2.67. The van der Waals surface area contributed by atoms with Gasteiger partial charge in [-0.2, -0.15) is 5.10 Å². The number of nitrogens with one attached hydrogen (secondary N) is 1. The second kappa shape index (κ2) is 5.16. The number of aryl methyl sites for hydroxylation is 2. The standard InChI is InChI=1S/C11H21N3O/c1-6-8(2)15-7-10-9(3)13-14(5)11(10)12-4/h8,12H,6-7H2,1-5H3. The molecule has 0 aliphatic rings. The Hall–Kier alpha value is -1.03. The van der Waals surface area contributed by atoms with E-state index >= 15 is 0 Å². The van der Waals surface area contributed by atoms with E-state index in [1.165, 1.54) is 0 Å². The van der Waals surface area contributed by atoms with Crippen molar-refractivity contribution in [2.24, 2.45) is 7.05 Å². The van der Waals surface area contributed by atoms with Gasteiger partial charge in [-0.3, -0.25) is 4.68 Å². The lowest BCUT2D eigenvalue weighted by molar-refractivity contribution is 0.0509. The Morgan fingerprint density at radius 1 is 1.53 bits per heavy atom. The van der Waals surface area contributed by atoms with Gasteiger partial charge in [-0.25, -0.2) is 0 Å². The molecule has 0 aliphatic carbocycles. The molecule has 0 spiro atoms. The SMILES string of the molecule is CCC(C)OCc1c(C)nn(C)c1NC. The van der Waals surface area contributed by atoms with Crippen LogP contribution < -0.4 is 5.32 Å². The Morgan fingerprint density at radius 3 is 2.73 bits per heavy atom. The lowest BCUT2D eigenvalue weighted by Gasteiger charge is -2.11. The quantitative estimate of drug-likeness (QED) is 0.810. The van der Waals surface area contributed by atoms with E-state index in [4.69, 9.17) is 4.74 Å². The molecule has 0 amide bonds. The summed E-state index contributed by atoms with van der Waals surface area (Å²) in [5.74, 6) is 1.04. The van der Waals surface area contributed by atoms with Gasteiger partial charge >= 0.3 is 0 Å². The molecule has 0 bridgehead atoms. The Labute approximate surface area is 91.6 Å². The third kappa shape index (κ3) is 2.72. The van der Waals surface area contributed by atoms with Crippen LogP contribution in [0.3, 0.4) is 0 Å². The Balaban J connectivity index is 2.75. The summed E-state index contributed by atoms with van der Waals surface area (Å²) >= 11 is 0. The monoisotopic (exact) mass is 211 g/mol. The Kier molecular flexibility index (Phi) is 4.15. The van der Waals surface area contributed by atoms with E-state index in [1.807, 2.05) is 25.7 Å². The van der Waals surface area contributed by atoms with E-state index < -0.39 is 0 Å². The number of nitrogens with zero attached hydrogens (tertiary/aromatic N) is 2. The first-order chi connectivity index (χ1) is 7.10. The van der Waals surface area contributed by atoms with E-state index in [9.17, 15) is 0 Å². The molecule has 1 heterocycles. The summed E-state index contributed by atoms with van der Waals surface area (Å²) in [4.78, 5) is 0. The number of hydrogen-bond donors (Lipinski definition) is 1. The molecule has 0 aromatic carbocycles. The van der Waals surface area contributed by atoms with Gasteiger partial charge in [-0.05, 0) is 20.3 Å². The van der Waals surface area contributed by atoms with Crippen LogP contribution >= 0.6 is 0 Å². The van der Waals surface area contributed by atoms with Gasteiger partial charge in [0.05, 0.1) is 18.4 Å². The van der Waals surface area contributed by atoms with Crippen LogP contribution in [0.1, 0.15) is 31.5 Å². The van der Waals surface area contributed by atoms with Crippen LogP contribution in [0.15, 0.2) is 0 Å². The number of anilines is 1. The van der Waals surface area contributed by atoms with Crippen molar-refractivity contribution in [3.05, 3.63) is 11.3 Å². The highest BCUT2D eigenvalue weighted by atomic mass is 16.5. The summed E-state index contributed by atoms with van der Waals surface area (Å²) in [6.45, 7) is 6.85. The molecule has 1 unspecified atom stereocenters. The minimum atomic E-state index is 0.300. The number of aromatic nitrogens is 2. The number of hydrogen-bond acceptors (Lipinski definition) is 3. The molecule has 4 nitrogen and oxygen atoms in total. The van der Waals surface area contributed by atoms with Crippen molar-refractivity contribution in [1.29, 1.82) is 0 Å². The second-order valence-electron chi connectivity index (χ2n) is 3.82. The molecule has 1 aromatic rings. The highest BCUT2D eigenvalue weighted by Crippen LogP contribution is 2.19. The van der Waals surface area contributed by atoms with Gasteiger partial charge in [-0.1, -0.05) is 6.92 Å². The van der Waals surface area contributed by atoms with Crippen molar-refractivity contribution < 1.29 is 4.74 Å². The Morgan fingerprint density at radius 2 is 2.20 bits per heavy atom. The minimum Gasteiger partial charge on any atom is -0.374 e. The zero-order valence-corrected chi connectivity index (χ0v) is 10.3. The molecule has 1 N–H and O–H groups in total. The molecule has 0 saturated heterocycles. The van der Waals surface area contributed by atoms with Crippen LogP contribution in [0.5, 0.6) is 0 Å². The van der Waals surface area contributed by atoms with Crippen molar-refractivity contribution in [3.63, 3.8) is 0 Å². The largest absolute Gasteiger partial charge is 0.374 e. The fourth-order valence-corrected chi connectivity index (χ4v) is 1.53. The topological polar surface area (TPSA) is 39.1 Å². The summed E-state index contributed by atoms with van der Waals surface area (Å²) in [6.07, 6.45) is 1.34. The predicted molar refractivity (Wildman–Crippen MR) is 62.0 cm³/mol. The van der Waals surface area contributed by atoms with Crippen molar-refractivity contribution in [2.45, 2.75) is 39.9 Å². The van der Waals surface area contributed by atoms with Crippen molar-refractivity contribution in [1.82, 2.24) is 9.78 Å². The van der Waals surface area contributed by atoms with E-state index in [1.54, 1.807) is 0 Å². The minimum absolute atomic E-state index is 0.300. The summed E-state index contributed by atoms with van der Waals surface area (Å²) in [5.41, 5.74) is 2.19. The van der Waals surface area contributed by atoms with E-state index in [-0.39, 0.29) is 0 Å². The fraction of sp³-hybridized carbons (Fsp3) is 0.727. The molecule has 0 aliphatic heterocycles. The van der Waals surface area contributed by atoms with Crippen LogP contribution in [0.25, 0.3) is 0 Å². The smallest absolute Gasteiger partial charge is 0.129 e. The summed E-state index contributed by atoms with van der Waals surface area (Å²) in [7, 11) is 3.84. The number of rotatable bonds is 5. The normalized spacial score (nSPS) is 12.9. The van der Waals surface area contributed by atoms with Crippen molar-refractivity contribution >= 4 is 5.82 Å². The number of ether oxygens (including phenoxy) is 1. The van der Waals surface area contributed by atoms with Crippen LogP contribution in [0, 0.1) is 6.92 Å². The molecular weight excluding hydrogens is 190 g/mol. The van der Waals surface area contributed by atoms with Crippen LogP contribution in [0.2, 0.25) is 0 Å². The summed E-state index contributed by atoms with van der Waals surface area (Å²) in [5, 5.41) is 7.51. The van der Waals surface area contributed by atoms with E-state index in [0.717, 1.165) is 23.5 Å². The van der Waals surface area contributed by atoms with Gasteiger partial charge < -0.3 is 10.1 Å². The van der Waals surface area contributed by atoms with Gasteiger partial charge in [0.1, 0.15) is 5.82 Å². The first-order valence-electron chi connectivity index (χ1n) is 5.42. The van der Waals surface area contributed by atoms with Crippen LogP contribution in [0.4, 0.5) is 5.82 Å². The lowest BCUT2D eigenvalue weighted by atomic mass is 10.2. The molecule has 1 atom stereocenters. The third-order valence-corrected chi connectivity index (χ3v) is 2.67. The maximum Gasteiger partial charge on any atom is 0.129 e. The first-order valence-corrected chi connectivity index (χ1v) is 5.42. The zero-order chi connectivity index (χ0) is 11.4. The fourth-order valence-electron chi connectivity index (χ4n) is 1.53. The average molecular weight is 211 g/mol.